The summed E-state index contributed by atoms with van der Waals surface area (Å²) in [6.07, 6.45) is 0. The van der Waals surface area contributed by atoms with Crippen molar-refractivity contribution in [1.29, 1.82) is 0 Å². The molecule has 2 aromatic carbocycles. The van der Waals surface area contributed by atoms with Crippen LogP contribution in [0, 0.1) is 0 Å². The van der Waals surface area contributed by atoms with Gasteiger partial charge in [0.15, 0.2) is 0 Å². The lowest BCUT2D eigenvalue weighted by molar-refractivity contribution is 0.102. The van der Waals surface area contributed by atoms with Crippen LogP contribution in [-0.4, -0.2) is 26.2 Å². The summed E-state index contributed by atoms with van der Waals surface area (Å²) in [7, 11) is 1.61. The highest BCUT2D eigenvalue weighted by molar-refractivity contribution is 6.05. The van der Waals surface area contributed by atoms with Gasteiger partial charge in [0.1, 0.15) is 11.5 Å². The van der Waals surface area contributed by atoms with Crippen LogP contribution >= 0.6 is 0 Å². The molecule has 24 heavy (non-hydrogen) atoms. The van der Waals surface area contributed by atoms with E-state index in [2.05, 4.69) is 5.32 Å². The molecule has 5 heteroatoms. The number of para-hydroxylation sites is 2. The second-order valence-corrected chi connectivity index (χ2v) is 5.07. The lowest BCUT2D eigenvalue weighted by Crippen LogP contribution is -2.13. The second-order valence-electron chi connectivity index (χ2n) is 5.07. The third-order valence-corrected chi connectivity index (χ3v) is 3.36. The maximum Gasteiger partial charge on any atom is 0.255 e. The van der Waals surface area contributed by atoms with E-state index in [1.165, 1.54) is 0 Å². The van der Waals surface area contributed by atoms with Gasteiger partial charge in [-0.2, -0.15) is 0 Å². The zero-order chi connectivity index (χ0) is 17.4. The Labute approximate surface area is 142 Å². The SMILES string of the molecule is CCOc1ccc(C(=O)Nc2ccccc2OCC)cc1COC. The summed E-state index contributed by atoms with van der Waals surface area (Å²) in [5.41, 5.74) is 2.02. The first kappa shape index (κ1) is 17.8. The molecule has 0 saturated carbocycles. The van der Waals surface area contributed by atoms with Crippen molar-refractivity contribution in [2.45, 2.75) is 20.5 Å². The molecule has 0 aliphatic carbocycles. The van der Waals surface area contributed by atoms with Gasteiger partial charge in [-0.05, 0) is 44.2 Å². The van der Waals surface area contributed by atoms with Crippen molar-refractivity contribution in [3.8, 4) is 11.5 Å². The topological polar surface area (TPSA) is 56.8 Å². The maximum atomic E-state index is 12.5. The van der Waals surface area contributed by atoms with Gasteiger partial charge in [0.25, 0.3) is 5.91 Å². The minimum Gasteiger partial charge on any atom is -0.494 e. The van der Waals surface area contributed by atoms with Crippen molar-refractivity contribution in [2.24, 2.45) is 0 Å². The molecule has 0 bridgehead atoms. The molecule has 0 aromatic heterocycles. The third kappa shape index (κ3) is 4.49. The van der Waals surface area contributed by atoms with Crippen molar-refractivity contribution in [3.05, 3.63) is 53.6 Å². The number of anilines is 1. The largest absolute Gasteiger partial charge is 0.494 e. The van der Waals surface area contributed by atoms with E-state index >= 15 is 0 Å². The molecule has 0 atom stereocenters. The minimum absolute atomic E-state index is 0.206. The van der Waals surface area contributed by atoms with Gasteiger partial charge >= 0.3 is 0 Å². The van der Waals surface area contributed by atoms with Crippen LogP contribution in [0.25, 0.3) is 0 Å². The Balaban J connectivity index is 2.22. The summed E-state index contributed by atoms with van der Waals surface area (Å²) >= 11 is 0. The van der Waals surface area contributed by atoms with Crippen molar-refractivity contribution in [1.82, 2.24) is 0 Å². The fraction of sp³-hybridized carbons (Fsp3) is 0.316. The normalized spacial score (nSPS) is 10.3. The molecule has 0 aliphatic heterocycles. The summed E-state index contributed by atoms with van der Waals surface area (Å²) < 4.78 is 16.3. The predicted octanol–water partition coefficient (Wildman–Crippen LogP) is 3.88. The van der Waals surface area contributed by atoms with Crippen LogP contribution in [0.15, 0.2) is 42.5 Å². The van der Waals surface area contributed by atoms with Crippen LogP contribution in [0.1, 0.15) is 29.8 Å². The molecule has 2 aromatic rings. The summed E-state index contributed by atoms with van der Waals surface area (Å²) in [6.45, 7) is 5.30. The van der Waals surface area contributed by atoms with E-state index in [0.717, 1.165) is 11.3 Å². The van der Waals surface area contributed by atoms with Gasteiger partial charge in [-0.15, -0.1) is 0 Å². The van der Waals surface area contributed by atoms with E-state index in [0.29, 0.717) is 36.8 Å². The van der Waals surface area contributed by atoms with Crippen molar-refractivity contribution in [3.63, 3.8) is 0 Å². The number of rotatable bonds is 8. The molecular weight excluding hydrogens is 306 g/mol. The van der Waals surface area contributed by atoms with Crippen molar-refractivity contribution in [2.75, 3.05) is 25.6 Å². The number of nitrogens with one attached hydrogen (secondary N) is 1. The number of hydrogen-bond acceptors (Lipinski definition) is 4. The van der Waals surface area contributed by atoms with Crippen molar-refractivity contribution < 1.29 is 19.0 Å². The monoisotopic (exact) mass is 329 g/mol. The highest BCUT2D eigenvalue weighted by atomic mass is 16.5. The summed E-state index contributed by atoms with van der Waals surface area (Å²) in [4.78, 5) is 12.5. The highest BCUT2D eigenvalue weighted by Crippen LogP contribution is 2.26. The van der Waals surface area contributed by atoms with E-state index in [1.807, 2.05) is 38.1 Å². The fourth-order valence-electron chi connectivity index (χ4n) is 2.33. The molecule has 0 spiro atoms. The van der Waals surface area contributed by atoms with Crippen LogP contribution in [0.5, 0.6) is 11.5 Å². The molecule has 5 nitrogen and oxygen atoms in total. The molecule has 2 rings (SSSR count). The molecule has 0 unspecified atom stereocenters. The van der Waals surface area contributed by atoms with Crippen molar-refractivity contribution >= 4 is 11.6 Å². The Morgan fingerprint density at radius 3 is 2.42 bits per heavy atom. The molecular formula is C19H23NO4. The lowest BCUT2D eigenvalue weighted by atomic mass is 10.1. The molecule has 0 heterocycles. The first-order chi connectivity index (χ1) is 11.7. The van der Waals surface area contributed by atoms with E-state index in [9.17, 15) is 4.79 Å². The molecule has 0 saturated heterocycles. The zero-order valence-electron chi connectivity index (χ0n) is 14.3. The van der Waals surface area contributed by atoms with Gasteiger partial charge < -0.3 is 19.5 Å². The fourth-order valence-corrected chi connectivity index (χ4v) is 2.33. The average Bonchev–Trinajstić information content (AvgIpc) is 2.59. The van der Waals surface area contributed by atoms with Crippen LogP contribution in [0.4, 0.5) is 5.69 Å². The number of ether oxygens (including phenoxy) is 3. The Morgan fingerprint density at radius 1 is 1.00 bits per heavy atom. The van der Waals surface area contributed by atoms with Gasteiger partial charge in [0.05, 0.1) is 25.5 Å². The van der Waals surface area contributed by atoms with Gasteiger partial charge in [0, 0.05) is 18.2 Å². The maximum absolute atomic E-state index is 12.5. The molecule has 0 aliphatic rings. The van der Waals surface area contributed by atoms with E-state index in [4.69, 9.17) is 14.2 Å². The molecule has 1 N–H and O–H groups in total. The number of amides is 1. The first-order valence-electron chi connectivity index (χ1n) is 7.97. The lowest BCUT2D eigenvalue weighted by Gasteiger charge is -2.13. The molecule has 0 fully saturated rings. The quantitative estimate of drug-likeness (QED) is 0.798. The predicted molar refractivity (Wildman–Crippen MR) is 93.9 cm³/mol. The molecule has 128 valence electrons. The third-order valence-electron chi connectivity index (χ3n) is 3.36. The summed E-state index contributed by atoms with van der Waals surface area (Å²) in [5.74, 6) is 1.17. The summed E-state index contributed by atoms with van der Waals surface area (Å²) in [6, 6.07) is 12.7. The first-order valence-corrected chi connectivity index (χ1v) is 7.97. The highest BCUT2D eigenvalue weighted by Gasteiger charge is 2.13. The summed E-state index contributed by atoms with van der Waals surface area (Å²) in [5, 5.41) is 2.89. The Hall–Kier alpha value is -2.53. The molecule has 1 amide bonds. The Kier molecular flexibility index (Phi) is 6.63. The van der Waals surface area contributed by atoms with Crippen LogP contribution in [0.3, 0.4) is 0 Å². The van der Waals surface area contributed by atoms with Crippen LogP contribution < -0.4 is 14.8 Å². The minimum atomic E-state index is -0.206. The smallest absolute Gasteiger partial charge is 0.255 e. The van der Waals surface area contributed by atoms with Gasteiger partial charge in [-0.1, -0.05) is 12.1 Å². The number of methoxy groups -OCH3 is 1. The molecule has 0 radical (unpaired) electrons. The van der Waals surface area contributed by atoms with Crippen LogP contribution in [-0.2, 0) is 11.3 Å². The standard InChI is InChI=1S/C19H23NO4/c1-4-23-17-11-10-14(12-15(17)13-22-3)19(21)20-16-8-6-7-9-18(16)24-5-2/h6-12H,4-5,13H2,1-3H3,(H,20,21). The number of hydrogen-bond donors (Lipinski definition) is 1. The van der Waals surface area contributed by atoms with E-state index in [-0.39, 0.29) is 5.91 Å². The van der Waals surface area contributed by atoms with Crippen LogP contribution in [0.2, 0.25) is 0 Å². The Bertz CT molecular complexity index is 685. The van der Waals surface area contributed by atoms with Gasteiger partial charge in [0.2, 0.25) is 0 Å². The van der Waals surface area contributed by atoms with Gasteiger partial charge in [-0.3, -0.25) is 4.79 Å². The Morgan fingerprint density at radius 2 is 1.71 bits per heavy atom. The second kappa shape index (κ2) is 8.93. The van der Waals surface area contributed by atoms with Gasteiger partial charge in [-0.25, -0.2) is 0 Å². The number of carbonyl (C=O) groups excluding carboxylic acids is 1. The average molecular weight is 329 g/mol. The number of benzene rings is 2. The number of carbonyl (C=O) groups is 1. The van der Waals surface area contributed by atoms with E-state index in [1.54, 1.807) is 25.3 Å². The van der Waals surface area contributed by atoms with E-state index < -0.39 is 0 Å². The zero-order valence-corrected chi connectivity index (χ0v) is 14.3.